The predicted octanol–water partition coefficient (Wildman–Crippen LogP) is 2.54. The molecular weight excluding hydrogens is 277 g/mol. The number of rotatable bonds is 7. The largest absolute Gasteiger partial charge is 0.487 e. The second-order valence-corrected chi connectivity index (χ2v) is 5.33. The van der Waals surface area contributed by atoms with E-state index in [1.54, 1.807) is 6.92 Å². The summed E-state index contributed by atoms with van der Waals surface area (Å²) in [7, 11) is 0. The lowest BCUT2D eigenvalue weighted by atomic mass is 10.0. The number of nitro benzene ring substituents is 1. The van der Waals surface area contributed by atoms with E-state index in [4.69, 9.17) is 4.74 Å². The van der Waals surface area contributed by atoms with Crippen LogP contribution in [0.25, 0.3) is 0 Å². The third kappa shape index (κ3) is 4.13. The van der Waals surface area contributed by atoms with Gasteiger partial charge in [-0.2, -0.15) is 5.26 Å². The van der Waals surface area contributed by atoms with Gasteiger partial charge in [0, 0.05) is 24.6 Å². The molecule has 112 valence electrons. The minimum atomic E-state index is -0.747. The molecule has 1 aliphatic carbocycles. The average Bonchev–Trinajstić information content (AvgIpc) is 3.22. The monoisotopic (exact) mass is 293 g/mol. The molecule has 0 radical (unpaired) electrons. The minimum absolute atomic E-state index is 0.0913. The molecule has 6 nitrogen and oxygen atoms in total. The summed E-state index contributed by atoms with van der Waals surface area (Å²) in [5.41, 5.74) is -1.03. The number of ether oxygens (including phenoxy) is 1. The van der Waals surface area contributed by atoms with Crippen LogP contribution in [-0.4, -0.2) is 23.1 Å². The molecule has 2 rings (SSSR count). The normalized spacial score (nSPS) is 16.8. The van der Waals surface area contributed by atoms with Crippen LogP contribution in [0.15, 0.2) is 18.2 Å². The average molecular weight is 293 g/mol. The number of hydrogen-bond acceptors (Lipinski definition) is 5. The third-order valence-electron chi connectivity index (χ3n) is 3.32. The van der Waals surface area contributed by atoms with E-state index < -0.39 is 16.3 Å². The highest BCUT2D eigenvalue weighted by Gasteiger charge is 2.32. The predicted molar refractivity (Wildman–Crippen MR) is 73.3 cm³/mol. The smallest absolute Gasteiger partial charge is 0.311 e. The van der Waals surface area contributed by atoms with Crippen molar-refractivity contribution >= 4 is 5.69 Å². The van der Waals surface area contributed by atoms with Gasteiger partial charge in [-0.3, -0.25) is 15.4 Å². The van der Waals surface area contributed by atoms with Crippen LogP contribution in [0.4, 0.5) is 10.1 Å². The lowest BCUT2D eigenvalue weighted by Crippen LogP contribution is -2.43. The maximum absolute atomic E-state index is 13.2. The van der Waals surface area contributed by atoms with Gasteiger partial charge in [0.25, 0.3) is 0 Å². The highest BCUT2D eigenvalue weighted by atomic mass is 19.1. The van der Waals surface area contributed by atoms with Crippen molar-refractivity contribution < 1.29 is 14.1 Å². The minimum Gasteiger partial charge on any atom is -0.487 e. The zero-order valence-corrected chi connectivity index (χ0v) is 11.6. The van der Waals surface area contributed by atoms with Gasteiger partial charge in [0.15, 0.2) is 5.75 Å². The van der Waals surface area contributed by atoms with Gasteiger partial charge in [-0.05, 0) is 25.8 Å². The van der Waals surface area contributed by atoms with E-state index in [1.807, 2.05) is 0 Å². The molecule has 0 heterocycles. The second kappa shape index (κ2) is 6.06. The summed E-state index contributed by atoms with van der Waals surface area (Å²) in [6, 6.07) is 5.61. The van der Waals surface area contributed by atoms with Gasteiger partial charge in [-0.25, -0.2) is 4.39 Å². The van der Waals surface area contributed by atoms with E-state index in [0.717, 1.165) is 31.0 Å². The molecule has 1 aliphatic rings. The maximum atomic E-state index is 13.2. The topological polar surface area (TPSA) is 88.2 Å². The van der Waals surface area contributed by atoms with E-state index in [2.05, 4.69) is 11.4 Å². The molecule has 21 heavy (non-hydrogen) atoms. The molecule has 0 aromatic heterocycles. The molecular formula is C14H16FN3O3. The molecule has 0 saturated heterocycles. The molecule has 0 bridgehead atoms. The van der Waals surface area contributed by atoms with Crippen molar-refractivity contribution in [3.63, 3.8) is 0 Å². The van der Waals surface area contributed by atoms with E-state index in [9.17, 15) is 19.8 Å². The van der Waals surface area contributed by atoms with Gasteiger partial charge in [-0.15, -0.1) is 0 Å². The first-order chi connectivity index (χ1) is 9.93. The van der Waals surface area contributed by atoms with Crippen molar-refractivity contribution in [2.45, 2.75) is 37.8 Å². The molecule has 0 spiro atoms. The van der Waals surface area contributed by atoms with Crippen molar-refractivity contribution in [1.29, 1.82) is 5.26 Å². The van der Waals surface area contributed by atoms with E-state index in [1.165, 1.54) is 0 Å². The Kier molecular flexibility index (Phi) is 4.38. The van der Waals surface area contributed by atoms with Gasteiger partial charge in [-0.1, -0.05) is 0 Å². The molecule has 0 amide bonds. The number of nitrogens with one attached hydrogen (secondary N) is 1. The SMILES string of the molecule is CC(C#N)(CCOc1cc(F)ccc1[N+](=O)[O-])NC1CC1. The number of nitriles is 1. The van der Waals surface area contributed by atoms with Crippen LogP contribution in [0.5, 0.6) is 5.75 Å². The Labute approximate surface area is 121 Å². The number of nitrogens with zero attached hydrogens (tertiary/aromatic N) is 2. The highest BCUT2D eigenvalue weighted by molar-refractivity contribution is 5.46. The van der Waals surface area contributed by atoms with Crippen LogP contribution in [0.2, 0.25) is 0 Å². The Morgan fingerprint density at radius 3 is 2.90 bits per heavy atom. The molecule has 1 saturated carbocycles. The van der Waals surface area contributed by atoms with Crippen molar-refractivity contribution in [3.05, 3.63) is 34.1 Å². The fourth-order valence-electron chi connectivity index (χ4n) is 1.96. The van der Waals surface area contributed by atoms with Crippen LogP contribution >= 0.6 is 0 Å². The number of nitro groups is 1. The summed E-state index contributed by atoms with van der Waals surface area (Å²) >= 11 is 0. The Morgan fingerprint density at radius 2 is 2.33 bits per heavy atom. The van der Waals surface area contributed by atoms with Crippen LogP contribution in [0.1, 0.15) is 26.2 Å². The van der Waals surface area contributed by atoms with Crippen molar-refractivity contribution in [3.8, 4) is 11.8 Å². The Hall–Kier alpha value is -2.20. The van der Waals surface area contributed by atoms with Crippen molar-refractivity contribution in [2.75, 3.05) is 6.61 Å². The second-order valence-electron chi connectivity index (χ2n) is 5.33. The van der Waals surface area contributed by atoms with Crippen LogP contribution in [-0.2, 0) is 0 Å². The summed E-state index contributed by atoms with van der Waals surface area (Å²) in [6.07, 6.45) is 2.45. The zero-order valence-electron chi connectivity index (χ0n) is 11.6. The van der Waals surface area contributed by atoms with Crippen molar-refractivity contribution in [1.82, 2.24) is 5.32 Å². The number of hydrogen-bond donors (Lipinski definition) is 1. The molecule has 0 aliphatic heterocycles. The third-order valence-corrected chi connectivity index (χ3v) is 3.32. The summed E-state index contributed by atoms with van der Waals surface area (Å²) < 4.78 is 18.5. The molecule has 1 aromatic carbocycles. The summed E-state index contributed by atoms with van der Waals surface area (Å²) in [4.78, 5) is 10.2. The van der Waals surface area contributed by atoms with Gasteiger partial charge >= 0.3 is 5.69 Å². The Bertz CT molecular complexity index is 583. The number of halogens is 1. The lowest BCUT2D eigenvalue weighted by Gasteiger charge is -2.23. The molecule has 1 N–H and O–H groups in total. The van der Waals surface area contributed by atoms with Gasteiger partial charge in [0.1, 0.15) is 11.4 Å². The standard InChI is InChI=1S/C14H16FN3O3/c1-14(9-16,17-11-3-4-11)6-7-21-13-8-10(15)2-5-12(13)18(19)20/h2,5,8,11,17H,3-4,6-7H2,1H3. The van der Waals surface area contributed by atoms with Gasteiger partial charge in [0.2, 0.25) is 0 Å². The fraction of sp³-hybridized carbons (Fsp3) is 0.500. The Morgan fingerprint density at radius 1 is 1.62 bits per heavy atom. The van der Waals surface area contributed by atoms with Crippen LogP contribution in [0.3, 0.4) is 0 Å². The molecule has 1 aromatic rings. The van der Waals surface area contributed by atoms with Crippen molar-refractivity contribution in [2.24, 2.45) is 0 Å². The summed E-state index contributed by atoms with van der Waals surface area (Å²) in [6.45, 7) is 1.85. The first-order valence-electron chi connectivity index (χ1n) is 6.69. The zero-order chi connectivity index (χ0) is 15.5. The highest BCUT2D eigenvalue weighted by Crippen LogP contribution is 2.28. The molecule has 1 fully saturated rings. The van der Waals surface area contributed by atoms with E-state index >= 15 is 0 Å². The lowest BCUT2D eigenvalue weighted by molar-refractivity contribution is -0.385. The van der Waals surface area contributed by atoms with E-state index in [0.29, 0.717) is 12.5 Å². The van der Waals surface area contributed by atoms with Gasteiger partial charge < -0.3 is 4.74 Å². The molecule has 1 atom stereocenters. The summed E-state index contributed by atoms with van der Waals surface area (Å²) in [5.74, 6) is -0.721. The fourth-order valence-corrected chi connectivity index (χ4v) is 1.96. The van der Waals surface area contributed by atoms with Crippen LogP contribution in [0, 0.1) is 27.3 Å². The summed E-state index contributed by atoms with van der Waals surface area (Å²) in [5, 5.41) is 23.3. The maximum Gasteiger partial charge on any atom is 0.311 e. The number of benzene rings is 1. The molecule has 7 heteroatoms. The van der Waals surface area contributed by atoms with Gasteiger partial charge in [0.05, 0.1) is 17.6 Å². The van der Waals surface area contributed by atoms with Crippen LogP contribution < -0.4 is 10.1 Å². The van der Waals surface area contributed by atoms with E-state index in [-0.39, 0.29) is 18.0 Å². The first kappa shape index (κ1) is 15.2. The first-order valence-corrected chi connectivity index (χ1v) is 6.69. The quantitative estimate of drug-likeness (QED) is 0.616. The molecule has 1 unspecified atom stereocenters. The Balaban J connectivity index is 1.97.